The van der Waals surface area contributed by atoms with Gasteiger partial charge in [-0.3, -0.25) is 4.79 Å². The minimum Gasteiger partial charge on any atom is -0.494 e. The van der Waals surface area contributed by atoms with E-state index in [1.807, 2.05) is 6.92 Å². The maximum Gasteiger partial charge on any atom is 0.325 e. The topological polar surface area (TPSA) is 87.7 Å². The summed E-state index contributed by atoms with van der Waals surface area (Å²) >= 11 is 0. The van der Waals surface area contributed by atoms with Crippen molar-refractivity contribution in [1.82, 2.24) is 5.32 Å². The van der Waals surface area contributed by atoms with Crippen molar-refractivity contribution in [3.63, 3.8) is 0 Å². The van der Waals surface area contributed by atoms with Crippen LogP contribution in [0.15, 0.2) is 24.3 Å². The molecule has 0 saturated carbocycles. The standard InChI is InChI=1S/C13H18N2O4/c1-3-8-19-11-6-4-10(5-7-11)15-13(18)14-9(2)12(16)17/h4-7,9H,3,8H2,1-2H3,(H,16,17)(H2,14,15,18)/t9-/m0/s1. The van der Waals surface area contributed by atoms with Crippen molar-refractivity contribution in [2.75, 3.05) is 11.9 Å². The highest BCUT2D eigenvalue weighted by atomic mass is 16.5. The van der Waals surface area contributed by atoms with Crippen LogP contribution in [0.1, 0.15) is 20.3 Å². The minimum absolute atomic E-state index is 0.558. The van der Waals surface area contributed by atoms with E-state index >= 15 is 0 Å². The Labute approximate surface area is 111 Å². The Morgan fingerprint density at radius 1 is 1.32 bits per heavy atom. The van der Waals surface area contributed by atoms with Gasteiger partial charge in [0, 0.05) is 5.69 Å². The molecule has 0 aliphatic rings. The summed E-state index contributed by atoms with van der Waals surface area (Å²) < 4.78 is 5.41. The molecular formula is C13H18N2O4. The van der Waals surface area contributed by atoms with E-state index in [-0.39, 0.29) is 0 Å². The molecule has 0 bridgehead atoms. The number of benzene rings is 1. The fraction of sp³-hybridized carbons (Fsp3) is 0.385. The molecule has 0 spiro atoms. The Morgan fingerprint density at radius 3 is 2.47 bits per heavy atom. The molecule has 0 saturated heterocycles. The lowest BCUT2D eigenvalue weighted by atomic mass is 10.3. The molecule has 3 N–H and O–H groups in total. The van der Waals surface area contributed by atoms with E-state index in [4.69, 9.17) is 9.84 Å². The minimum atomic E-state index is -1.08. The highest BCUT2D eigenvalue weighted by Gasteiger charge is 2.13. The van der Waals surface area contributed by atoms with Gasteiger partial charge in [0.25, 0.3) is 0 Å². The van der Waals surface area contributed by atoms with E-state index in [1.165, 1.54) is 6.92 Å². The van der Waals surface area contributed by atoms with Gasteiger partial charge in [0.05, 0.1) is 6.61 Å². The number of carboxylic acids is 1. The van der Waals surface area contributed by atoms with Crippen LogP contribution in [0, 0.1) is 0 Å². The Balaban J connectivity index is 2.48. The summed E-state index contributed by atoms with van der Waals surface area (Å²) in [5, 5.41) is 13.5. The molecule has 1 aromatic rings. The van der Waals surface area contributed by atoms with Crippen molar-refractivity contribution in [3.05, 3.63) is 24.3 Å². The molecule has 2 amide bonds. The fourth-order valence-electron chi connectivity index (χ4n) is 1.28. The first kappa shape index (κ1) is 14.8. The number of carbonyl (C=O) groups is 2. The molecule has 0 fully saturated rings. The first-order chi connectivity index (χ1) is 9.02. The predicted molar refractivity (Wildman–Crippen MR) is 71.5 cm³/mol. The quantitative estimate of drug-likeness (QED) is 0.735. The van der Waals surface area contributed by atoms with Crippen LogP contribution in [0.5, 0.6) is 5.75 Å². The zero-order valence-corrected chi connectivity index (χ0v) is 11.0. The number of rotatable bonds is 6. The molecule has 0 heterocycles. The van der Waals surface area contributed by atoms with Crippen molar-refractivity contribution in [3.8, 4) is 5.75 Å². The third kappa shape index (κ3) is 5.29. The van der Waals surface area contributed by atoms with Crippen LogP contribution in [-0.2, 0) is 4.79 Å². The summed E-state index contributed by atoms with van der Waals surface area (Å²) in [6.07, 6.45) is 0.926. The SMILES string of the molecule is CCCOc1ccc(NC(=O)N[C@@H](C)C(=O)O)cc1. The highest BCUT2D eigenvalue weighted by molar-refractivity contribution is 5.92. The van der Waals surface area contributed by atoms with Gasteiger partial charge >= 0.3 is 12.0 Å². The van der Waals surface area contributed by atoms with Crippen molar-refractivity contribution in [1.29, 1.82) is 0 Å². The van der Waals surface area contributed by atoms with E-state index < -0.39 is 18.0 Å². The van der Waals surface area contributed by atoms with E-state index in [9.17, 15) is 9.59 Å². The van der Waals surface area contributed by atoms with Gasteiger partial charge in [-0.15, -0.1) is 0 Å². The van der Waals surface area contributed by atoms with Crippen molar-refractivity contribution in [2.24, 2.45) is 0 Å². The zero-order chi connectivity index (χ0) is 14.3. The lowest BCUT2D eigenvalue weighted by Gasteiger charge is -2.11. The molecule has 6 nitrogen and oxygen atoms in total. The lowest BCUT2D eigenvalue weighted by Crippen LogP contribution is -2.40. The summed E-state index contributed by atoms with van der Waals surface area (Å²) in [5.74, 6) is -0.356. The molecule has 1 atom stereocenters. The second-order valence-electron chi connectivity index (χ2n) is 4.03. The molecule has 0 unspecified atom stereocenters. The average Bonchev–Trinajstić information content (AvgIpc) is 2.37. The number of amides is 2. The number of anilines is 1. The number of ether oxygens (including phenoxy) is 1. The first-order valence-corrected chi connectivity index (χ1v) is 6.06. The molecule has 104 valence electrons. The van der Waals surface area contributed by atoms with Crippen LogP contribution in [0.4, 0.5) is 10.5 Å². The number of carbonyl (C=O) groups excluding carboxylic acids is 1. The van der Waals surface area contributed by atoms with Gasteiger partial charge in [-0.05, 0) is 37.6 Å². The second kappa shape index (κ2) is 7.25. The van der Waals surface area contributed by atoms with Crippen LogP contribution in [0.25, 0.3) is 0 Å². The molecule has 0 radical (unpaired) electrons. The van der Waals surface area contributed by atoms with E-state index in [2.05, 4.69) is 10.6 Å². The predicted octanol–water partition coefficient (Wildman–Crippen LogP) is 2.07. The number of nitrogens with one attached hydrogen (secondary N) is 2. The normalized spacial score (nSPS) is 11.5. The van der Waals surface area contributed by atoms with Crippen LogP contribution in [0.3, 0.4) is 0 Å². The first-order valence-electron chi connectivity index (χ1n) is 6.06. The van der Waals surface area contributed by atoms with E-state index in [1.54, 1.807) is 24.3 Å². The summed E-state index contributed by atoms with van der Waals surface area (Å²) in [7, 11) is 0. The molecule has 0 aromatic heterocycles. The molecule has 1 aromatic carbocycles. The largest absolute Gasteiger partial charge is 0.494 e. The molecule has 0 aliphatic carbocycles. The number of hydrogen-bond acceptors (Lipinski definition) is 3. The van der Waals surface area contributed by atoms with E-state index in [0.717, 1.165) is 12.2 Å². The Kier molecular flexibility index (Phi) is 5.66. The van der Waals surface area contributed by atoms with Gasteiger partial charge < -0.3 is 20.5 Å². The maximum absolute atomic E-state index is 11.5. The molecule has 6 heteroatoms. The summed E-state index contributed by atoms with van der Waals surface area (Å²) in [6, 6.07) is 5.37. The third-order valence-corrected chi connectivity index (χ3v) is 2.30. The molecule has 0 aliphatic heterocycles. The van der Waals surface area contributed by atoms with Crippen LogP contribution in [-0.4, -0.2) is 29.8 Å². The van der Waals surface area contributed by atoms with Crippen molar-refractivity contribution < 1.29 is 19.4 Å². The third-order valence-electron chi connectivity index (χ3n) is 2.30. The Hall–Kier alpha value is -2.24. The summed E-state index contributed by atoms with van der Waals surface area (Å²) in [6.45, 7) is 4.05. The maximum atomic E-state index is 11.5. The monoisotopic (exact) mass is 266 g/mol. The molecule has 19 heavy (non-hydrogen) atoms. The number of hydrogen-bond donors (Lipinski definition) is 3. The van der Waals surface area contributed by atoms with Gasteiger partial charge in [-0.2, -0.15) is 0 Å². The average molecular weight is 266 g/mol. The Bertz CT molecular complexity index is 431. The fourth-order valence-corrected chi connectivity index (χ4v) is 1.28. The highest BCUT2D eigenvalue weighted by Crippen LogP contribution is 2.15. The number of aliphatic carboxylic acids is 1. The van der Waals surface area contributed by atoms with Crippen molar-refractivity contribution >= 4 is 17.7 Å². The van der Waals surface area contributed by atoms with Crippen molar-refractivity contribution in [2.45, 2.75) is 26.3 Å². The smallest absolute Gasteiger partial charge is 0.325 e. The van der Waals surface area contributed by atoms with Crippen LogP contribution >= 0.6 is 0 Å². The number of carboxylic acid groups (broad SMARTS) is 1. The number of urea groups is 1. The molecule has 1 rings (SSSR count). The van der Waals surface area contributed by atoms with Gasteiger partial charge in [0.2, 0.25) is 0 Å². The van der Waals surface area contributed by atoms with Gasteiger partial charge in [-0.25, -0.2) is 4.79 Å². The van der Waals surface area contributed by atoms with Gasteiger partial charge in [0.1, 0.15) is 11.8 Å². The Morgan fingerprint density at radius 2 is 1.95 bits per heavy atom. The molecular weight excluding hydrogens is 248 g/mol. The lowest BCUT2D eigenvalue weighted by molar-refractivity contribution is -0.138. The zero-order valence-electron chi connectivity index (χ0n) is 11.0. The summed E-state index contributed by atoms with van der Waals surface area (Å²) in [4.78, 5) is 22.0. The van der Waals surface area contributed by atoms with Crippen LogP contribution in [0.2, 0.25) is 0 Å². The second-order valence-corrected chi connectivity index (χ2v) is 4.03. The van der Waals surface area contributed by atoms with E-state index in [0.29, 0.717) is 12.3 Å². The van der Waals surface area contributed by atoms with Gasteiger partial charge in [0.15, 0.2) is 0 Å². The van der Waals surface area contributed by atoms with Gasteiger partial charge in [-0.1, -0.05) is 6.92 Å². The summed E-state index contributed by atoms with van der Waals surface area (Å²) in [5.41, 5.74) is 0.568. The van der Waals surface area contributed by atoms with Crippen LogP contribution < -0.4 is 15.4 Å².